The third-order valence-corrected chi connectivity index (χ3v) is 7.44. The fourth-order valence-electron chi connectivity index (χ4n) is 4.86. The van der Waals surface area contributed by atoms with Gasteiger partial charge in [-0.3, -0.25) is 4.79 Å². The van der Waals surface area contributed by atoms with Gasteiger partial charge in [0.1, 0.15) is 11.5 Å². The number of thioether (sulfide) groups is 1. The molecule has 0 radical (unpaired) electrons. The van der Waals surface area contributed by atoms with Gasteiger partial charge in [-0.25, -0.2) is 4.39 Å². The van der Waals surface area contributed by atoms with Crippen molar-refractivity contribution in [3.05, 3.63) is 82.0 Å². The van der Waals surface area contributed by atoms with Crippen LogP contribution >= 0.6 is 11.8 Å². The zero-order valence-corrected chi connectivity index (χ0v) is 23.9. The van der Waals surface area contributed by atoms with Gasteiger partial charge in [-0.05, 0) is 43.2 Å². The van der Waals surface area contributed by atoms with Crippen molar-refractivity contribution in [2.24, 2.45) is 5.92 Å². The molecule has 1 heterocycles. The highest BCUT2D eigenvalue weighted by Gasteiger charge is 2.32. The lowest BCUT2D eigenvalue weighted by Crippen LogP contribution is -2.18. The minimum atomic E-state index is -0.230. The molecule has 2 aromatic rings. The van der Waals surface area contributed by atoms with E-state index >= 15 is 0 Å². The summed E-state index contributed by atoms with van der Waals surface area (Å²) >= 11 is 1.37. The Morgan fingerprint density at radius 3 is 2.50 bits per heavy atom. The molecule has 0 N–H and O–H groups in total. The van der Waals surface area contributed by atoms with Gasteiger partial charge < -0.3 is 4.57 Å². The van der Waals surface area contributed by atoms with Crippen LogP contribution < -0.4 is 0 Å². The molecule has 1 aliphatic rings. The first-order valence-electron chi connectivity index (χ1n) is 13.4. The van der Waals surface area contributed by atoms with Crippen LogP contribution in [0.5, 0.6) is 0 Å². The first-order chi connectivity index (χ1) is 17.1. The number of hydrogen-bond acceptors (Lipinski definition) is 2. The molecule has 36 heavy (non-hydrogen) atoms. The van der Waals surface area contributed by atoms with Crippen LogP contribution in [-0.2, 0) is 13.0 Å². The molecule has 0 aliphatic heterocycles. The molecule has 3 rings (SSSR count). The van der Waals surface area contributed by atoms with E-state index in [-0.39, 0.29) is 21.6 Å². The van der Waals surface area contributed by atoms with Gasteiger partial charge >= 0.3 is 0 Å². The third kappa shape index (κ3) is 6.70. The number of halogens is 1. The maximum Gasteiger partial charge on any atom is 0.236 e. The first-order valence-corrected chi connectivity index (χ1v) is 14.2. The minimum absolute atomic E-state index is 0.0553. The van der Waals surface area contributed by atoms with Crippen molar-refractivity contribution in [2.45, 2.75) is 91.9 Å². The maximum atomic E-state index is 14.8. The fraction of sp³-hybridized carbons (Fsp3) is 0.469. The van der Waals surface area contributed by atoms with E-state index in [1.54, 1.807) is 6.07 Å². The second-order valence-corrected chi connectivity index (χ2v) is 12.7. The molecule has 0 amide bonds. The molecule has 2 nitrogen and oxygen atoms in total. The second kappa shape index (κ2) is 12.3. The quantitative estimate of drug-likeness (QED) is 0.315. The number of aromatic nitrogens is 1. The zero-order chi connectivity index (χ0) is 26.5. The van der Waals surface area contributed by atoms with Crippen molar-refractivity contribution in [1.29, 1.82) is 0 Å². The highest BCUT2D eigenvalue weighted by molar-refractivity contribution is 8.15. The van der Waals surface area contributed by atoms with E-state index in [2.05, 4.69) is 77.3 Å². The van der Waals surface area contributed by atoms with Crippen LogP contribution in [-0.4, -0.2) is 14.4 Å². The summed E-state index contributed by atoms with van der Waals surface area (Å²) in [5, 5.41) is 0.0553. The molecule has 0 fully saturated rings. The number of carbonyl (C=O) groups excluding carboxylic acids is 1. The molecule has 0 unspecified atom stereocenters. The van der Waals surface area contributed by atoms with Gasteiger partial charge in [-0.1, -0.05) is 115 Å². The van der Waals surface area contributed by atoms with Crippen LogP contribution in [0.1, 0.15) is 107 Å². The fourth-order valence-corrected chi connectivity index (χ4v) is 5.73. The number of benzene rings is 1. The largest absolute Gasteiger partial charge is 0.336 e. The molecule has 194 valence electrons. The van der Waals surface area contributed by atoms with Crippen LogP contribution in [0, 0.1) is 11.7 Å². The number of nitrogens with zero attached hydrogens (tertiary/aromatic N) is 1. The summed E-state index contributed by atoms with van der Waals surface area (Å²) in [6.07, 6.45) is 13.7. The Balaban J connectivity index is 2.37. The minimum Gasteiger partial charge on any atom is -0.336 e. The molecular weight excluding hydrogens is 465 g/mol. The van der Waals surface area contributed by atoms with Crippen molar-refractivity contribution >= 4 is 28.5 Å². The monoisotopic (exact) mass is 507 g/mol. The van der Waals surface area contributed by atoms with Gasteiger partial charge in [0.25, 0.3) is 0 Å². The molecule has 1 aromatic carbocycles. The predicted molar refractivity (Wildman–Crippen MR) is 155 cm³/mol. The summed E-state index contributed by atoms with van der Waals surface area (Å²) in [5.41, 5.74) is 7.26. The average molecular weight is 508 g/mol. The van der Waals surface area contributed by atoms with E-state index in [4.69, 9.17) is 0 Å². The Morgan fingerprint density at radius 1 is 1.17 bits per heavy atom. The van der Waals surface area contributed by atoms with Crippen molar-refractivity contribution in [2.75, 3.05) is 0 Å². The summed E-state index contributed by atoms with van der Waals surface area (Å²) in [4.78, 5) is 14.0. The smallest absolute Gasteiger partial charge is 0.236 e. The molecule has 0 saturated heterocycles. The molecule has 4 heteroatoms. The van der Waals surface area contributed by atoms with Gasteiger partial charge in [-0.2, -0.15) is 0 Å². The molecule has 0 spiro atoms. The Kier molecular flexibility index (Phi) is 9.63. The Morgan fingerprint density at radius 2 is 1.89 bits per heavy atom. The summed E-state index contributed by atoms with van der Waals surface area (Å²) in [6, 6.07) is 6.92. The molecule has 1 aliphatic carbocycles. The second-order valence-electron chi connectivity index (χ2n) is 10.9. The highest BCUT2D eigenvalue weighted by atomic mass is 32.2. The van der Waals surface area contributed by atoms with E-state index in [9.17, 15) is 9.18 Å². The van der Waals surface area contributed by atoms with Crippen molar-refractivity contribution in [1.82, 2.24) is 4.57 Å². The van der Waals surface area contributed by atoms with E-state index in [0.717, 1.165) is 54.5 Å². The first kappa shape index (κ1) is 28.2. The Hall–Kier alpha value is -2.33. The van der Waals surface area contributed by atoms with Crippen molar-refractivity contribution < 1.29 is 9.18 Å². The Bertz CT molecular complexity index is 1170. The van der Waals surface area contributed by atoms with E-state index in [0.29, 0.717) is 17.8 Å². The van der Waals surface area contributed by atoms with Crippen LogP contribution in [0.2, 0.25) is 0 Å². The lowest BCUT2D eigenvalue weighted by atomic mass is 9.87. The van der Waals surface area contributed by atoms with Crippen LogP contribution in [0.25, 0.3) is 11.6 Å². The molecular formula is C32H42FNOS. The highest BCUT2D eigenvalue weighted by Crippen LogP contribution is 2.42. The topological polar surface area (TPSA) is 22.0 Å². The lowest BCUT2D eigenvalue weighted by Gasteiger charge is -2.20. The number of rotatable bonds is 9. The van der Waals surface area contributed by atoms with Crippen LogP contribution in [0.15, 0.2) is 48.1 Å². The molecule has 1 aromatic heterocycles. The zero-order valence-electron chi connectivity index (χ0n) is 23.1. The van der Waals surface area contributed by atoms with Crippen LogP contribution in [0.3, 0.4) is 0 Å². The standard InChI is InChI=1S/C32H42FNOS/c1-8-10-11-16-25(22(3)4)29-26-20-23(14-9-2)18-19-28(26)34(21-24-15-12-13-17-27(24)33)30(29)31(35)36-32(5,6)7/h10-13,15-17,20,22H,8-9,14,18-19,21H2,1-7H3/b11-10-,25-16+. The van der Waals surface area contributed by atoms with Crippen LogP contribution in [0.4, 0.5) is 4.39 Å². The number of hydrogen-bond donors (Lipinski definition) is 0. The predicted octanol–water partition coefficient (Wildman–Crippen LogP) is 9.48. The van der Waals surface area contributed by atoms with Gasteiger partial charge in [0.2, 0.25) is 5.12 Å². The van der Waals surface area contributed by atoms with Gasteiger partial charge in [0, 0.05) is 27.1 Å². The average Bonchev–Trinajstić information content (AvgIpc) is 3.10. The van der Waals surface area contributed by atoms with Gasteiger partial charge in [0.05, 0.1) is 6.54 Å². The SMILES string of the molecule is CC/C=C\C=C(\c1c2c(n(Cc3ccccc3F)c1C(=O)SC(C)(C)C)CCC(CCC)=C2)C(C)C. The van der Waals surface area contributed by atoms with Crippen molar-refractivity contribution in [3.8, 4) is 0 Å². The number of allylic oxidation sites excluding steroid dienone is 5. The van der Waals surface area contributed by atoms with Gasteiger partial charge in [0.15, 0.2) is 0 Å². The summed E-state index contributed by atoms with van der Waals surface area (Å²) < 4.78 is 16.7. The lowest BCUT2D eigenvalue weighted by molar-refractivity contribution is 0.107. The molecule has 0 saturated carbocycles. The molecule has 0 atom stereocenters. The number of fused-ring (bicyclic) bond motifs is 1. The van der Waals surface area contributed by atoms with E-state index in [1.807, 2.05) is 12.1 Å². The summed E-state index contributed by atoms with van der Waals surface area (Å²) in [5.74, 6) is 0.00274. The summed E-state index contributed by atoms with van der Waals surface area (Å²) in [6.45, 7) is 15.3. The van der Waals surface area contributed by atoms with Gasteiger partial charge in [-0.15, -0.1) is 0 Å². The summed E-state index contributed by atoms with van der Waals surface area (Å²) in [7, 11) is 0. The maximum absolute atomic E-state index is 14.8. The normalized spacial score (nSPS) is 14.5. The van der Waals surface area contributed by atoms with E-state index in [1.165, 1.54) is 23.4 Å². The number of carbonyl (C=O) groups is 1. The van der Waals surface area contributed by atoms with Crippen molar-refractivity contribution in [3.63, 3.8) is 0 Å². The Labute approximate surface area is 221 Å². The third-order valence-electron chi connectivity index (χ3n) is 6.45. The molecule has 0 bridgehead atoms. The van der Waals surface area contributed by atoms with E-state index < -0.39 is 0 Å².